The molecule has 0 aliphatic carbocycles. The van der Waals surface area contributed by atoms with Crippen molar-refractivity contribution in [3.8, 4) is 0 Å². The number of nitrogens with zero attached hydrogens (tertiary/aromatic N) is 1. The monoisotopic (exact) mass is 219 g/mol. The van der Waals surface area contributed by atoms with E-state index in [-0.39, 0.29) is 0 Å². The van der Waals surface area contributed by atoms with Crippen LogP contribution in [0, 0.1) is 0 Å². The minimum atomic E-state index is -0.887. The second kappa shape index (κ2) is 4.74. The first-order valence-corrected chi connectivity index (χ1v) is 5.48. The Balaban J connectivity index is 1.86. The van der Waals surface area contributed by atoms with E-state index < -0.39 is 18.6 Å². The second-order valence-electron chi connectivity index (χ2n) is 4.25. The fraction of sp³-hybridized carbons (Fsp3) is 1.00. The van der Waals surface area contributed by atoms with Crippen LogP contribution in [0.5, 0.6) is 0 Å². The van der Waals surface area contributed by atoms with Crippen molar-refractivity contribution in [3.05, 3.63) is 0 Å². The molecule has 0 amide bonds. The maximum atomic E-state index is 12.2. The normalized spacial score (nSPS) is 28.4. The van der Waals surface area contributed by atoms with Gasteiger partial charge in [0, 0.05) is 13.0 Å². The first kappa shape index (κ1) is 11.3. The van der Waals surface area contributed by atoms with Crippen molar-refractivity contribution in [2.24, 2.45) is 0 Å². The minimum Gasteiger partial charge on any atom is -0.389 e. The molecule has 2 fully saturated rings. The highest BCUT2D eigenvalue weighted by Crippen LogP contribution is 2.29. The van der Waals surface area contributed by atoms with Crippen LogP contribution < -0.4 is 0 Å². The quantitative estimate of drug-likeness (QED) is 0.734. The van der Waals surface area contributed by atoms with Crippen LogP contribution in [0.25, 0.3) is 0 Å². The van der Waals surface area contributed by atoms with E-state index >= 15 is 0 Å². The topological polar surface area (TPSA) is 41.9 Å². The Morgan fingerprint density at radius 2 is 2.13 bits per heavy atom. The first-order valence-electron chi connectivity index (χ1n) is 5.48. The van der Waals surface area contributed by atoms with E-state index in [4.69, 9.17) is 9.47 Å². The van der Waals surface area contributed by atoms with Crippen LogP contribution in [0.1, 0.15) is 12.8 Å². The van der Waals surface area contributed by atoms with E-state index in [0.717, 1.165) is 19.4 Å². The van der Waals surface area contributed by atoms with Crippen LogP contribution in [0.4, 0.5) is 4.39 Å². The van der Waals surface area contributed by atoms with Gasteiger partial charge in [-0.05, 0) is 13.0 Å². The Hall–Kier alpha value is -0.230. The number of aliphatic hydroxyl groups is 1. The maximum absolute atomic E-state index is 12.2. The molecule has 1 atom stereocenters. The SMILES string of the molecule is OC(CF)CN1CCCC2(C1)OCCO2. The Morgan fingerprint density at radius 3 is 2.80 bits per heavy atom. The summed E-state index contributed by atoms with van der Waals surface area (Å²) in [7, 11) is 0. The largest absolute Gasteiger partial charge is 0.389 e. The number of likely N-dealkylation sites (tertiary alicyclic amines) is 1. The van der Waals surface area contributed by atoms with E-state index in [2.05, 4.69) is 0 Å². The van der Waals surface area contributed by atoms with Gasteiger partial charge in [-0.15, -0.1) is 0 Å². The van der Waals surface area contributed by atoms with Gasteiger partial charge in [0.05, 0.1) is 25.9 Å². The van der Waals surface area contributed by atoms with E-state index in [9.17, 15) is 9.50 Å². The molecule has 2 aliphatic heterocycles. The van der Waals surface area contributed by atoms with Gasteiger partial charge < -0.3 is 14.6 Å². The lowest BCUT2D eigenvalue weighted by molar-refractivity contribution is -0.191. The van der Waals surface area contributed by atoms with Crippen molar-refractivity contribution in [2.75, 3.05) is 39.5 Å². The molecular formula is C10H18FNO3. The summed E-state index contributed by atoms with van der Waals surface area (Å²) < 4.78 is 23.3. The van der Waals surface area contributed by atoms with Gasteiger partial charge in [0.15, 0.2) is 5.79 Å². The first-order chi connectivity index (χ1) is 7.24. The molecular weight excluding hydrogens is 201 g/mol. The zero-order chi connectivity index (χ0) is 10.7. The second-order valence-corrected chi connectivity index (χ2v) is 4.25. The lowest BCUT2D eigenvalue weighted by Gasteiger charge is -2.39. The van der Waals surface area contributed by atoms with Gasteiger partial charge in [0.1, 0.15) is 6.67 Å². The number of rotatable bonds is 3. The van der Waals surface area contributed by atoms with Gasteiger partial charge in [-0.3, -0.25) is 4.90 Å². The molecule has 0 saturated carbocycles. The molecule has 0 bridgehead atoms. The average Bonchev–Trinajstić information content (AvgIpc) is 2.66. The number of hydrogen-bond acceptors (Lipinski definition) is 4. The van der Waals surface area contributed by atoms with Crippen LogP contribution in [-0.4, -0.2) is 61.4 Å². The molecule has 2 aliphatic rings. The molecule has 2 heterocycles. The molecule has 0 radical (unpaired) electrons. The van der Waals surface area contributed by atoms with Crippen molar-refractivity contribution < 1.29 is 19.0 Å². The van der Waals surface area contributed by atoms with Crippen molar-refractivity contribution in [3.63, 3.8) is 0 Å². The van der Waals surface area contributed by atoms with Crippen molar-refractivity contribution in [1.29, 1.82) is 0 Å². The Morgan fingerprint density at radius 1 is 1.40 bits per heavy atom. The number of halogens is 1. The zero-order valence-corrected chi connectivity index (χ0v) is 8.82. The fourth-order valence-corrected chi connectivity index (χ4v) is 2.31. The minimum absolute atomic E-state index is 0.366. The standard InChI is InChI=1S/C10H18FNO3/c11-6-9(13)7-12-3-1-2-10(8-12)14-4-5-15-10/h9,13H,1-8H2. The Kier molecular flexibility index (Phi) is 3.56. The molecule has 1 unspecified atom stereocenters. The lowest BCUT2D eigenvalue weighted by Crippen LogP contribution is -2.51. The summed E-state index contributed by atoms with van der Waals surface area (Å²) in [5.74, 6) is -0.478. The molecule has 5 heteroatoms. The Bertz CT molecular complexity index is 209. The molecule has 0 aromatic rings. The third-order valence-corrected chi connectivity index (χ3v) is 2.96. The van der Waals surface area contributed by atoms with Crippen LogP contribution in [-0.2, 0) is 9.47 Å². The highest BCUT2D eigenvalue weighted by atomic mass is 19.1. The molecule has 15 heavy (non-hydrogen) atoms. The Labute approximate surface area is 89.0 Å². The maximum Gasteiger partial charge on any atom is 0.181 e. The van der Waals surface area contributed by atoms with Crippen LogP contribution in [0.3, 0.4) is 0 Å². The van der Waals surface area contributed by atoms with Gasteiger partial charge >= 0.3 is 0 Å². The van der Waals surface area contributed by atoms with Gasteiger partial charge in [-0.25, -0.2) is 4.39 Å². The molecule has 2 saturated heterocycles. The molecule has 2 rings (SSSR count). The summed E-state index contributed by atoms with van der Waals surface area (Å²) in [6.45, 7) is 2.48. The smallest absolute Gasteiger partial charge is 0.181 e. The fourth-order valence-electron chi connectivity index (χ4n) is 2.31. The summed E-state index contributed by atoms with van der Waals surface area (Å²) in [5.41, 5.74) is 0. The summed E-state index contributed by atoms with van der Waals surface area (Å²) in [6, 6.07) is 0. The number of alkyl halides is 1. The number of hydrogen-bond donors (Lipinski definition) is 1. The van der Waals surface area contributed by atoms with Gasteiger partial charge in [-0.1, -0.05) is 0 Å². The molecule has 0 aromatic heterocycles. The van der Waals surface area contributed by atoms with Crippen LogP contribution >= 0.6 is 0 Å². The lowest BCUT2D eigenvalue weighted by atomic mass is 10.0. The summed E-state index contributed by atoms with van der Waals surface area (Å²) in [6.07, 6.45) is 0.982. The number of aliphatic hydroxyl groups excluding tert-OH is 1. The summed E-state index contributed by atoms with van der Waals surface area (Å²) in [4.78, 5) is 2.01. The van der Waals surface area contributed by atoms with E-state index in [1.54, 1.807) is 0 Å². The molecule has 4 nitrogen and oxygen atoms in total. The van der Waals surface area contributed by atoms with Crippen molar-refractivity contribution >= 4 is 0 Å². The highest BCUT2D eigenvalue weighted by molar-refractivity contribution is 4.84. The number of β-amino-alcohol motifs (C(OH)–C–C–N with tert-alkyl or cyclic N) is 1. The van der Waals surface area contributed by atoms with Crippen molar-refractivity contribution in [1.82, 2.24) is 4.90 Å². The molecule has 1 N–H and O–H groups in total. The summed E-state index contributed by atoms with van der Waals surface area (Å²) >= 11 is 0. The van der Waals surface area contributed by atoms with Crippen LogP contribution in [0.2, 0.25) is 0 Å². The predicted molar refractivity (Wildman–Crippen MR) is 52.3 cm³/mol. The number of ether oxygens (including phenoxy) is 2. The van der Waals surface area contributed by atoms with Gasteiger partial charge in [0.2, 0.25) is 0 Å². The van der Waals surface area contributed by atoms with E-state index in [1.807, 2.05) is 4.90 Å². The predicted octanol–water partition coefficient (Wildman–Crippen LogP) is 0.156. The van der Waals surface area contributed by atoms with Gasteiger partial charge in [0.25, 0.3) is 0 Å². The molecule has 0 aromatic carbocycles. The van der Waals surface area contributed by atoms with Crippen LogP contribution in [0.15, 0.2) is 0 Å². The average molecular weight is 219 g/mol. The summed E-state index contributed by atoms with van der Waals surface area (Å²) in [5, 5.41) is 9.24. The van der Waals surface area contributed by atoms with E-state index in [1.165, 1.54) is 0 Å². The highest BCUT2D eigenvalue weighted by Gasteiger charge is 2.40. The van der Waals surface area contributed by atoms with E-state index in [0.29, 0.717) is 26.3 Å². The molecule has 88 valence electrons. The molecule has 1 spiro atoms. The zero-order valence-electron chi connectivity index (χ0n) is 8.82. The number of piperidine rings is 1. The third kappa shape index (κ3) is 2.66. The third-order valence-electron chi connectivity index (χ3n) is 2.96. The van der Waals surface area contributed by atoms with Gasteiger partial charge in [-0.2, -0.15) is 0 Å². The van der Waals surface area contributed by atoms with Crippen molar-refractivity contribution in [2.45, 2.75) is 24.7 Å².